The van der Waals surface area contributed by atoms with Gasteiger partial charge in [-0.05, 0) is 44.9 Å². The highest BCUT2D eigenvalue weighted by Gasteiger charge is 2.24. The first kappa shape index (κ1) is 18.6. The van der Waals surface area contributed by atoms with Gasteiger partial charge in [0.1, 0.15) is 0 Å². The van der Waals surface area contributed by atoms with Crippen molar-refractivity contribution in [3.63, 3.8) is 0 Å². The molecule has 0 aliphatic carbocycles. The molecule has 1 aromatic heterocycles. The van der Waals surface area contributed by atoms with Crippen LogP contribution in [0.3, 0.4) is 0 Å². The highest BCUT2D eigenvalue weighted by molar-refractivity contribution is 7.89. The molecule has 0 saturated heterocycles. The molecule has 0 aliphatic heterocycles. The first-order valence-electron chi connectivity index (χ1n) is 7.14. The van der Waals surface area contributed by atoms with Crippen molar-refractivity contribution in [2.24, 2.45) is 5.92 Å². The van der Waals surface area contributed by atoms with Crippen LogP contribution in [0.25, 0.3) is 0 Å². The van der Waals surface area contributed by atoms with Gasteiger partial charge in [0.2, 0.25) is 10.0 Å². The van der Waals surface area contributed by atoms with E-state index in [1.54, 1.807) is 6.07 Å². The zero-order valence-electron chi connectivity index (χ0n) is 13.5. The fraction of sp³-hybridized carbons (Fsp3) is 0.714. The molecule has 1 rings (SSSR count). The van der Waals surface area contributed by atoms with E-state index in [0.717, 1.165) is 11.3 Å². The van der Waals surface area contributed by atoms with Crippen molar-refractivity contribution in [1.29, 1.82) is 0 Å². The van der Waals surface area contributed by atoms with E-state index in [-0.39, 0.29) is 6.04 Å². The number of thiophene rings is 1. The first-order chi connectivity index (χ1) is 9.76. The van der Waals surface area contributed by atoms with Crippen LogP contribution < -0.4 is 10.0 Å². The van der Waals surface area contributed by atoms with Gasteiger partial charge in [0.05, 0.1) is 4.90 Å². The second-order valence-corrected chi connectivity index (χ2v) is 8.63. The quantitative estimate of drug-likeness (QED) is 0.722. The molecule has 0 fully saturated rings. The molecule has 122 valence electrons. The highest BCUT2D eigenvalue weighted by Crippen LogP contribution is 2.22. The summed E-state index contributed by atoms with van der Waals surface area (Å²) in [5.74, 6) is 0.442. The van der Waals surface area contributed by atoms with E-state index in [2.05, 4.69) is 23.9 Å². The lowest BCUT2D eigenvalue weighted by molar-refractivity contribution is 0.329. The normalized spacial score (nSPS) is 14.0. The molecule has 0 aromatic carbocycles. The predicted octanol–water partition coefficient (Wildman–Crippen LogP) is 1.72. The molecule has 0 spiro atoms. The number of sulfonamides is 1. The van der Waals surface area contributed by atoms with Gasteiger partial charge >= 0.3 is 0 Å². The summed E-state index contributed by atoms with van der Waals surface area (Å²) in [5.41, 5.74) is 0. The summed E-state index contributed by atoms with van der Waals surface area (Å²) < 4.78 is 28.1. The minimum absolute atomic E-state index is 0.0765. The molecular weight excluding hydrogens is 306 g/mol. The summed E-state index contributed by atoms with van der Waals surface area (Å²) in [6.07, 6.45) is 0.822. The minimum atomic E-state index is -3.47. The molecule has 0 amide bonds. The van der Waals surface area contributed by atoms with Crippen molar-refractivity contribution in [2.75, 3.05) is 27.7 Å². The fourth-order valence-electron chi connectivity index (χ4n) is 2.31. The van der Waals surface area contributed by atoms with E-state index in [0.29, 0.717) is 23.9 Å². The molecule has 1 atom stereocenters. The van der Waals surface area contributed by atoms with Gasteiger partial charge in [0.25, 0.3) is 0 Å². The second kappa shape index (κ2) is 8.24. The summed E-state index contributed by atoms with van der Waals surface area (Å²) in [6.45, 7) is 5.47. The van der Waals surface area contributed by atoms with Crippen molar-refractivity contribution in [1.82, 2.24) is 14.9 Å². The fourth-order valence-corrected chi connectivity index (χ4v) is 5.01. The van der Waals surface area contributed by atoms with Gasteiger partial charge in [-0.2, -0.15) is 0 Å². The Bertz CT molecular complexity index is 514. The third kappa shape index (κ3) is 6.04. The van der Waals surface area contributed by atoms with E-state index in [4.69, 9.17) is 0 Å². The molecule has 5 nitrogen and oxygen atoms in total. The van der Waals surface area contributed by atoms with Gasteiger partial charge in [0, 0.05) is 24.0 Å². The molecule has 1 unspecified atom stereocenters. The Balaban J connectivity index is 2.91. The van der Waals surface area contributed by atoms with E-state index in [9.17, 15) is 8.42 Å². The van der Waals surface area contributed by atoms with Crippen LogP contribution >= 0.6 is 11.3 Å². The zero-order valence-corrected chi connectivity index (χ0v) is 15.1. The topological polar surface area (TPSA) is 61.4 Å². The highest BCUT2D eigenvalue weighted by atomic mass is 32.2. The van der Waals surface area contributed by atoms with Crippen LogP contribution in [0.2, 0.25) is 0 Å². The average molecular weight is 334 g/mol. The number of rotatable bonds is 9. The van der Waals surface area contributed by atoms with Crippen LogP contribution in [0.1, 0.15) is 25.1 Å². The largest absolute Gasteiger partial charge is 0.315 e. The van der Waals surface area contributed by atoms with Crippen LogP contribution in [0, 0.1) is 5.92 Å². The summed E-state index contributed by atoms with van der Waals surface area (Å²) in [6, 6.07) is 1.61. The standard InChI is InChI=1S/C14H27N3O2S2/c1-11(2)8-12(10-17(4)5)16-21(18,19)14-6-7-20-13(14)9-15-3/h6-7,11-12,15-16H,8-10H2,1-5H3. The van der Waals surface area contributed by atoms with Crippen LogP contribution in [0.4, 0.5) is 0 Å². The molecule has 2 N–H and O–H groups in total. The second-order valence-electron chi connectivity index (χ2n) is 5.95. The maximum absolute atomic E-state index is 12.6. The molecule has 0 aliphatic rings. The number of nitrogens with one attached hydrogen (secondary N) is 2. The number of hydrogen-bond donors (Lipinski definition) is 2. The Morgan fingerprint density at radius 2 is 2.00 bits per heavy atom. The summed E-state index contributed by atoms with van der Waals surface area (Å²) in [7, 11) is 2.26. The Hall–Kier alpha value is -0.470. The molecule has 1 heterocycles. The third-order valence-corrected chi connectivity index (χ3v) is 5.65. The molecule has 0 saturated carbocycles. The van der Waals surface area contributed by atoms with Crippen molar-refractivity contribution in [3.8, 4) is 0 Å². The Morgan fingerprint density at radius 1 is 1.33 bits per heavy atom. The number of hydrogen-bond acceptors (Lipinski definition) is 5. The molecular formula is C14H27N3O2S2. The van der Waals surface area contributed by atoms with Crippen LogP contribution in [-0.4, -0.2) is 47.0 Å². The smallest absolute Gasteiger partial charge is 0.242 e. The Labute approximate surface area is 132 Å². The van der Waals surface area contributed by atoms with E-state index >= 15 is 0 Å². The molecule has 1 aromatic rings. The maximum atomic E-state index is 12.6. The van der Waals surface area contributed by atoms with Crippen LogP contribution in [-0.2, 0) is 16.6 Å². The van der Waals surface area contributed by atoms with Crippen molar-refractivity contribution in [2.45, 2.75) is 37.8 Å². The van der Waals surface area contributed by atoms with Gasteiger partial charge in [0.15, 0.2) is 0 Å². The molecule has 21 heavy (non-hydrogen) atoms. The Morgan fingerprint density at radius 3 is 2.52 bits per heavy atom. The summed E-state index contributed by atoms with van der Waals surface area (Å²) in [5, 5.41) is 4.83. The lowest BCUT2D eigenvalue weighted by atomic mass is 10.0. The Kier molecular flexibility index (Phi) is 7.29. The van der Waals surface area contributed by atoms with Crippen LogP contribution in [0.5, 0.6) is 0 Å². The summed E-state index contributed by atoms with van der Waals surface area (Å²) >= 11 is 1.46. The third-order valence-electron chi connectivity index (χ3n) is 2.99. The van der Waals surface area contributed by atoms with E-state index in [1.165, 1.54) is 11.3 Å². The predicted molar refractivity (Wildman–Crippen MR) is 89.2 cm³/mol. The van der Waals surface area contributed by atoms with Crippen molar-refractivity contribution < 1.29 is 8.42 Å². The van der Waals surface area contributed by atoms with Gasteiger partial charge in [-0.15, -0.1) is 11.3 Å². The molecule has 0 bridgehead atoms. The maximum Gasteiger partial charge on any atom is 0.242 e. The minimum Gasteiger partial charge on any atom is -0.315 e. The lowest BCUT2D eigenvalue weighted by Gasteiger charge is -2.23. The van der Waals surface area contributed by atoms with Gasteiger partial charge < -0.3 is 10.2 Å². The van der Waals surface area contributed by atoms with Gasteiger partial charge in [-0.3, -0.25) is 0 Å². The van der Waals surface area contributed by atoms with Crippen molar-refractivity contribution >= 4 is 21.4 Å². The number of nitrogens with zero attached hydrogens (tertiary/aromatic N) is 1. The SMILES string of the molecule is CNCc1sccc1S(=O)(=O)NC(CC(C)C)CN(C)C. The molecule has 0 radical (unpaired) electrons. The van der Waals surface area contributed by atoms with Gasteiger partial charge in [-0.25, -0.2) is 13.1 Å². The van der Waals surface area contributed by atoms with E-state index in [1.807, 2.05) is 31.4 Å². The first-order valence-corrected chi connectivity index (χ1v) is 9.50. The number of likely N-dealkylation sites (N-methyl/N-ethyl adjacent to an activating group) is 1. The van der Waals surface area contributed by atoms with E-state index < -0.39 is 10.0 Å². The van der Waals surface area contributed by atoms with Gasteiger partial charge in [-0.1, -0.05) is 13.8 Å². The zero-order chi connectivity index (χ0) is 16.0. The summed E-state index contributed by atoms with van der Waals surface area (Å²) in [4.78, 5) is 3.25. The van der Waals surface area contributed by atoms with Crippen molar-refractivity contribution in [3.05, 3.63) is 16.3 Å². The average Bonchev–Trinajstić information content (AvgIpc) is 2.75. The molecule has 7 heteroatoms. The lowest BCUT2D eigenvalue weighted by Crippen LogP contribution is -2.42. The monoisotopic (exact) mass is 333 g/mol. The van der Waals surface area contributed by atoms with Crippen LogP contribution in [0.15, 0.2) is 16.3 Å².